The van der Waals surface area contributed by atoms with Crippen LogP contribution in [0.3, 0.4) is 0 Å². The predicted molar refractivity (Wildman–Crippen MR) is 72.7 cm³/mol. The van der Waals surface area contributed by atoms with Gasteiger partial charge in [0.25, 0.3) is 0 Å². The minimum Gasteiger partial charge on any atom is -0.458 e. The Labute approximate surface area is 107 Å². The lowest BCUT2D eigenvalue weighted by molar-refractivity contribution is 0.102. The van der Waals surface area contributed by atoms with Gasteiger partial charge in [-0.05, 0) is 55.7 Å². The van der Waals surface area contributed by atoms with Gasteiger partial charge in [0.05, 0.1) is 0 Å². The second kappa shape index (κ2) is 5.05. The van der Waals surface area contributed by atoms with Gasteiger partial charge in [0.15, 0.2) is 5.76 Å². The first-order chi connectivity index (χ1) is 8.56. The third kappa shape index (κ3) is 2.77. The molecule has 0 fully saturated rings. The molecule has 2 heteroatoms. The summed E-state index contributed by atoms with van der Waals surface area (Å²) in [6, 6.07) is 9.60. The van der Waals surface area contributed by atoms with Crippen molar-refractivity contribution in [2.24, 2.45) is 0 Å². The van der Waals surface area contributed by atoms with Crippen LogP contribution in [0.4, 0.5) is 0 Å². The molecule has 0 aliphatic rings. The van der Waals surface area contributed by atoms with Gasteiger partial charge in [0.2, 0.25) is 5.78 Å². The Kier molecular flexibility index (Phi) is 3.47. The Hall–Kier alpha value is -2.09. The Morgan fingerprint density at radius 3 is 2.44 bits per heavy atom. The van der Waals surface area contributed by atoms with E-state index in [4.69, 9.17) is 4.42 Å². The number of aryl methyl sites for hydroxylation is 3. The number of rotatable bonds is 3. The first-order valence-electron chi connectivity index (χ1n) is 5.92. The van der Waals surface area contributed by atoms with Gasteiger partial charge in [-0.2, -0.15) is 0 Å². The zero-order valence-corrected chi connectivity index (χ0v) is 10.9. The number of carbonyl (C=O) groups excluding carboxylic acids is 1. The van der Waals surface area contributed by atoms with Crippen molar-refractivity contribution in [2.75, 3.05) is 0 Å². The summed E-state index contributed by atoms with van der Waals surface area (Å²) in [6.07, 6.45) is 3.36. The smallest absolute Gasteiger partial charge is 0.221 e. The van der Waals surface area contributed by atoms with E-state index < -0.39 is 0 Å². The molecule has 0 bridgehead atoms. The number of ketones is 1. The topological polar surface area (TPSA) is 30.2 Å². The van der Waals surface area contributed by atoms with E-state index >= 15 is 0 Å². The monoisotopic (exact) mass is 240 g/mol. The zero-order chi connectivity index (χ0) is 13.1. The molecule has 0 unspecified atom stereocenters. The Balaban J connectivity index is 2.15. The molecule has 0 atom stereocenters. The molecule has 2 rings (SSSR count). The average Bonchev–Trinajstić information content (AvgIpc) is 2.77. The molecule has 0 saturated heterocycles. The Morgan fingerprint density at radius 2 is 1.83 bits per heavy atom. The molecular weight excluding hydrogens is 224 g/mol. The summed E-state index contributed by atoms with van der Waals surface area (Å²) in [6.45, 7) is 5.95. The minimum atomic E-state index is -0.110. The number of hydrogen-bond donors (Lipinski definition) is 0. The van der Waals surface area contributed by atoms with Crippen LogP contribution in [0.15, 0.2) is 40.8 Å². The van der Waals surface area contributed by atoms with Gasteiger partial charge in [-0.3, -0.25) is 4.79 Å². The van der Waals surface area contributed by atoms with Crippen LogP contribution in [0.5, 0.6) is 0 Å². The summed E-state index contributed by atoms with van der Waals surface area (Å²) in [7, 11) is 0. The van der Waals surface area contributed by atoms with Crippen molar-refractivity contribution in [3.63, 3.8) is 0 Å². The molecule has 0 aliphatic carbocycles. The molecule has 1 aromatic heterocycles. The summed E-state index contributed by atoms with van der Waals surface area (Å²) in [4.78, 5) is 11.8. The lowest BCUT2D eigenvalue weighted by atomic mass is 10.1. The van der Waals surface area contributed by atoms with E-state index in [0.29, 0.717) is 5.76 Å². The Bertz CT molecular complexity index is 603. The summed E-state index contributed by atoms with van der Waals surface area (Å²) < 4.78 is 5.28. The van der Waals surface area contributed by atoms with Crippen LogP contribution < -0.4 is 0 Å². The summed E-state index contributed by atoms with van der Waals surface area (Å²) >= 11 is 0. The number of allylic oxidation sites excluding steroid dienone is 1. The average molecular weight is 240 g/mol. The van der Waals surface area contributed by atoms with Crippen molar-refractivity contribution in [3.05, 3.63) is 64.6 Å². The first kappa shape index (κ1) is 12.4. The standard InChI is InChI=1S/C16H16O2/c1-11-4-6-14(10-12(11)2)7-8-15(17)16-9-5-13(3)18-16/h4-10H,1-3H3/b8-7+. The van der Waals surface area contributed by atoms with Crippen molar-refractivity contribution < 1.29 is 9.21 Å². The normalized spacial score (nSPS) is 11.1. The summed E-state index contributed by atoms with van der Waals surface area (Å²) in [5.74, 6) is 1.02. The van der Waals surface area contributed by atoms with E-state index in [1.807, 2.05) is 19.1 Å². The van der Waals surface area contributed by atoms with Gasteiger partial charge in [-0.15, -0.1) is 0 Å². The maximum absolute atomic E-state index is 11.8. The van der Waals surface area contributed by atoms with Crippen molar-refractivity contribution in [3.8, 4) is 0 Å². The van der Waals surface area contributed by atoms with Crippen LogP contribution >= 0.6 is 0 Å². The molecule has 1 heterocycles. The molecule has 0 spiro atoms. The molecule has 18 heavy (non-hydrogen) atoms. The van der Waals surface area contributed by atoms with Gasteiger partial charge in [-0.1, -0.05) is 24.3 Å². The number of furan rings is 1. The van der Waals surface area contributed by atoms with Crippen LogP contribution in [-0.2, 0) is 0 Å². The third-order valence-electron chi connectivity index (χ3n) is 2.94. The van der Waals surface area contributed by atoms with E-state index in [2.05, 4.69) is 26.0 Å². The summed E-state index contributed by atoms with van der Waals surface area (Å²) in [5.41, 5.74) is 3.49. The lowest BCUT2D eigenvalue weighted by Crippen LogP contribution is -1.90. The first-order valence-corrected chi connectivity index (χ1v) is 5.92. The molecular formula is C16H16O2. The van der Waals surface area contributed by atoms with Crippen LogP contribution in [0.25, 0.3) is 6.08 Å². The fourth-order valence-electron chi connectivity index (χ4n) is 1.69. The molecule has 92 valence electrons. The highest BCUT2D eigenvalue weighted by Gasteiger charge is 2.05. The van der Waals surface area contributed by atoms with E-state index in [0.717, 1.165) is 11.3 Å². The second-order valence-electron chi connectivity index (χ2n) is 4.45. The number of hydrogen-bond acceptors (Lipinski definition) is 2. The fraction of sp³-hybridized carbons (Fsp3) is 0.188. The highest BCUT2D eigenvalue weighted by molar-refractivity contribution is 6.04. The van der Waals surface area contributed by atoms with Crippen LogP contribution in [-0.4, -0.2) is 5.78 Å². The van der Waals surface area contributed by atoms with E-state index in [9.17, 15) is 4.79 Å². The fourth-order valence-corrected chi connectivity index (χ4v) is 1.69. The molecule has 0 amide bonds. The minimum absolute atomic E-state index is 0.110. The van der Waals surface area contributed by atoms with Gasteiger partial charge in [0, 0.05) is 0 Å². The van der Waals surface area contributed by atoms with Gasteiger partial charge < -0.3 is 4.42 Å². The largest absolute Gasteiger partial charge is 0.458 e. The predicted octanol–water partition coefficient (Wildman–Crippen LogP) is 4.10. The van der Waals surface area contributed by atoms with Crippen molar-refractivity contribution in [1.29, 1.82) is 0 Å². The summed E-state index contributed by atoms with van der Waals surface area (Å²) in [5, 5.41) is 0. The quantitative estimate of drug-likeness (QED) is 0.597. The molecule has 0 aliphatic heterocycles. The Morgan fingerprint density at radius 1 is 1.06 bits per heavy atom. The van der Waals surface area contributed by atoms with Gasteiger partial charge >= 0.3 is 0 Å². The zero-order valence-electron chi connectivity index (χ0n) is 10.9. The van der Waals surface area contributed by atoms with Crippen molar-refractivity contribution in [1.82, 2.24) is 0 Å². The number of carbonyl (C=O) groups is 1. The van der Waals surface area contributed by atoms with Crippen molar-refractivity contribution >= 4 is 11.9 Å². The van der Waals surface area contributed by atoms with Crippen LogP contribution in [0, 0.1) is 20.8 Å². The molecule has 2 nitrogen and oxygen atoms in total. The molecule has 0 radical (unpaired) electrons. The van der Waals surface area contributed by atoms with Gasteiger partial charge in [0.1, 0.15) is 5.76 Å². The highest BCUT2D eigenvalue weighted by atomic mass is 16.3. The molecule has 0 N–H and O–H groups in total. The van der Waals surface area contributed by atoms with E-state index in [1.54, 1.807) is 18.2 Å². The number of benzene rings is 1. The van der Waals surface area contributed by atoms with E-state index in [1.165, 1.54) is 11.1 Å². The molecule has 1 aromatic carbocycles. The van der Waals surface area contributed by atoms with Crippen LogP contribution in [0.1, 0.15) is 33.0 Å². The highest BCUT2D eigenvalue weighted by Crippen LogP contribution is 2.12. The third-order valence-corrected chi connectivity index (χ3v) is 2.94. The lowest BCUT2D eigenvalue weighted by Gasteiger charge is -2.00. The molecule has 2 aromatic rings. The van der Waals surface area contributed by atoms with Gasteiger partial charge in [-0.25, -0.2) is 0 Å². The second-order valence-corrected chi connectivity index (χ2v) is 4.45. The maximum atomic E-state index is 11.8. The van der Waals surface area contributed by atoms with Crippen molar-refractivity contribution in [2.45, 2.75) is 20.8 Å². The maximum Gasteiger partial charge on any atom is 0.221 e. The SMILES string of the molecule is Cc1ccc(C(=O)/C=C/c2ccc(C)c(C)c2)o1. The van der Waals surface area contributed by atoms with Crippen LogP contribution in [0.2, 0.25) is 0 Å². The van der Waals surface area contributed by atoms with E-state index in [-0.39, 0.29) is 5.78 Å². The molecule has 0 saturated carbocycles.